The summed E-state index contributed by atoms with van der Waals surface area (Å²) in [6.45, 7) is 4.36. The molecular weight excluding hydrogens is 225 g/mol. The van der Waals surface area contributed by atoms with Crippen molar-refractivity contribution in [3.05, 3.63) is 34.6 Å². The molecule has 1 unspecified atom stereocenters. The summed E-state index contributed by atoms with van der Waals surface area (Å²) in [5.74, 6) is 0.281. The summed E-state index contributed by atoms with van der Waals surface area (Å²) >= 11 is 5.93. The Balaban J connectivity index is 2.74. The fourth-order valence-corrected chi connectivity index (χ4v) is 2.05. The molecular formula is C13H19ClFN. The molecule has 0 saturated heterocycles. The van der Waals surface area contributed by atoms with Crippen LogP contribution in [-0.4, -0.2) is 13.1 Å². The Morgan fingerprint density at radius 3 is 2.62 bits per heavy atom. The molecule has 0 aromatic heterocycles. The van der Waals surface area contributed by atoms with Crippen molar-refractivity contribution in [3.8, 4) is 0 Å². The van der Waals surface area contributed by atoms with Crippen LogP contribution in [0.25, 0.3) is 0 Å². The first kappa shape index (κ1) is 13.5. The lowest BCUT2D eigenvalue weighted by Crippen LogP contribution is -2.29. The van der Waals surface area contributed by atoms with Gasteiger partial charge < -0.3 is 5.32 Å². The highest BCUT2D eigenvalue weighted by Crippen LogP contribution is 2.22. The van der Waals surface area contributed by atoms with Gasteiger partial charge in [-0.1, -0.05) is 37.6 Å². The monoisotopic (exact) mass is 243 g/mol. The second-order valence-corrected chi connectivity index (χ2v) is 4.91. The summed E-state index contributed by atoms with van der Waals surface area (Å²) in [7, 11) is 1.93. The van der Waals surface area contributed by atoms with Crippen LogP contribution < -0.4 is 5.32 Å². The fraction of sp³-hybridized carbons (Fsp3) is 0.538. The van der Waals surface area contributed by atoms with Crippen molar-refractivity contribution >= 4 is 11.6 Å². The Bertz CT molecular complexity index is 339. The third-order valence-electron chi connectivity index (χ3n) is 2.66. The van der Waals surface area contributed by atoms with Gasteiger partial charge in [0.2, 0.25) is 0 Å². The summed E-state index contributed by atoms with van der Waals surface area (Å²) in [5.41, 5.74) is 0.877. The van der Waals surface area contributed by atoms with Gasteiger partial charge >= 0.3 is 0 Å². The minimum absolute atomic E-state index is 0.256. The molecule has 1 N–H and O–H groups in total. The van der Waals surface area contributed by atoms with Crippen LogP contribution >= 0.6 is 11.6 Å². The van der Waals surface area contributed by atoms with Crippen LogP contribution in [0.3, 0.4) is 0 Å². The van der Waals surface area contributed by atoms with Gasteiger partial charge in [-0.25, -0.2) is 4.39 Å². The maximum Gasteiger partial charge on any atom is 0.142 e. The van der Waals surface area contributed by atoms with Crippen LogP contribution in [0.15, 0.2) is 18.2 Å². The average Bonchev–Trinajstić information content (AvgIpc) is 2.23. The lowest BCUT2D eigenvalue weighted by atomic mass is 9.97. The van der Waals surface area contributed by atoms with Crippen LogP contribution in [0.4, 0.5) is 4.39 Å². The zero-order valence-electron chi connectivity index (χ0n) is 10.1. The van der Waals surface area contributed by atoms with E-state index in [1.165, 1.54) is 6.07 Å². The van der Waals surface area contributed by atoms with Crippen LogP contribution in [0.1, 0.15) is 25.8 Å². The first-order valence-electron chi connectivity index (χ1n) is 5.64. The Kier molecular flexibility index (Phi) is 5.23. The van der Waals surface area contributed by atoms with Gasteiger partial charge in [0.15, 0.2) is 0 Å². The molecule has 16 heavy (non-hydrogen) atoms. The van der Waals surface area contributed by atoms with E-state index in [1.807, 2.05) is 13.1 Å². The number of hydrogen-bond donors (Lipinski definition) is 1. The first-order chi connectivity index (χ1) is 7.54. The molecule has 0 heterocycles. The molecule has 0 bridgehead atoms. The van der Waals surface area contributed by atoms with E-state index in [4.69, 9.17) is 11.6 Å². The maximum absolute atomic E-state index is 13.2. The van der Waals surface area contributed by atoms with Gasteiger partial charge in [-0.15, -0.1) is 0 Å². The fourth-order valence-electron chi connectivity index (χ4n) is 1.84. The van der Waals surface area contributed by atoms with Crippen molar-refractivity contribution in [1.82, 2.24) is 5.32 Å². The zero-order chi connectivity index (χ0) is 12.1. The molecule has 0 amide bonds. The molecule has 1 atom stereocenters. The average molecular weight is 244 g/mol. The lowest BCUT2D eigenvalue weighted by Gasteiger charge is -2.19. The molecule has 1 nitrogen and oxygen atoms in total. The van der Waals surface area contributed by atoms with Crippen molar-refractivity contribution in [2.45, 2.75) is 32.7 Å². The van der Waals surface area contributed by atoms with Gasteiger partial charge in [-0.2, -0.15) is 0 Å². The predicted molar refractivity (Wildman–Crippen MR) is 67.4 cm³/mol. The van der Waals surface area contributed by atoms with E-state index in [9.17, 15) is 4.39 Å². The Labute approximate surface area is 102 Å². The number of halogens is 2. The van der Waals surface area contributed by atoms with Crippen molar-refractivity contribution in [2.75, 3.05) is 7.05 Å². The molecule has 0 saturated carbocycles. The van der Waals surface area contributed by atoms with E-state index in [0.29, 0.717) is 12.0 Å². The molecule has 1 rings (SSSR count). The van der Waals surface area contributed by atoms with Gasteiger partial charge in [0.05, 0.1) is 5.02 Å². The van der Waals surface area contributed by atoms with E-state index in [-0.39, 0.29) is 10.8 Å². The Morgan fingerprint density at radius 1 is 1.38 bits per heavy atom. The number of likely N-dealkylation sites (N-methyl/N-ethyl adjacent to an activating group) is 1. The summed E-state index contributed by atoms with van der Waals surface area (Å²) in [6, 6.07) is 5.33. The van der Waals surface area contributed by atoms with E-state index >= 15 is 0 Å². The molecule has 1 aromatic rings. The third kappa shape index (κ3) is 3.76. The highest BCUT2D eigenvalue weighted by Gasteiger charge is 2.13. The predicted octanol–water partition coefficient (Wildman–Crippen LogP) is 3.66. The molecule has 0 aliphatic rings. The Hall–Kier alpha value is -0.600. The van der Waals surface area contributed by atoms with Crippen LogP contribution in [-0.2, 0) is 6.42 Å². The van der Waals surface area contributed by atoms with E-state index < -0.39 is 0 Å². The molecule has 0 fully saturated rings. The summed E-state index contributed by atoms with van der Waals surface area (Å²) in [4.78, 5) is 0. The topological polar surface area (TPSA) is 12.0 Å². The number of benzene rings is 1. The highest BCUT2D eigenvalue weighted by molar-refractivity contribution is 6.31. The van der Waals surface area contributed by atoms with E-state index in [0.717, 1.165) is 18.4 Å². The van der Waals surface area contributed by atoms with Crippen molar-refractivity contribution < 1.29 is 4.39 Å². The number of nitrogens with one attached hydrogen (secondary N) is 1. The van der Waals surface area contributed by atoms with Crippen LogP contribution in [0.2, 0.25) is 5.02 Å². The molecule has 90 valence electrons. The molecule has 3 heteroatoms. The minimum atomic E-state index is -0.335. The smallest absolute Gasteiger partial charge is 0.142 e. The van der Waals surface area contributed by atoms with Crippen LogP contribution in [0.5, 0.6) is 0 Å². The summed E-state index contributed by atoms with van der Waals surface area (Å²) in [6.07, 6.45) is 1.83. The van der Waals surface area contributed by atoms with Crippen molar-refractivity contribution in [2.24, 2.45) is 5.92 Å². The molecule has 0 aliphatic carbocycles. The molecule has 1 aromatic carbocycles. The summed E-state index contributed by atoms with van der Waals surface area (Å²) < 4.78 is 13.2. The molecule has 0 aliphatic heterocycles. The van der Waals surface area contributed by atoms with Gasteiger partial charge in [0.25, 0.3) is 0 Å². The molecule has 0 radical (unpaired) electrons. The second kappa shape index (κ2) is 6.21. The maximum atomic E-state index is 13.2. The third-order valence-corrected chi connectivity index (χ3v) is 3.09. The standard InChI is InChI=1S/C13H19ClFN/c1-9(2)7-11(16-3)8-10-5-4-6-12(15)13(10)14/h4-6,9,11,16H,7-8H2,1-3H3. The van der Waals surface area contributed by atoms with Gasteiger partial charge in [0, 0.05) is 6.04 Å². The highest BCUT2D eigenvalue weighted by atomic mass is 35.5. The van der Waals surface area contributed by atoms with E-state index in [2.05, 4.69) is 19.2 Å². The minimum Gasteiger partial charge on any atom is -0.317 e. The first-order valence-corrected chi connectivity index (χ1v) is 6.02. The summed E-state index contributed by atoms with van der Waals surface area (Å²) in [5, 5.41) is 3.50. The SMILES string of the molecule is CNC(Cc1cccc(F)c1Cl)CC(C)C. The second-order valence-electron chi connectivity index (χ2n) is 4.53. The van der Waals surface area contributed by atoms with Gasteiger partial charge in [0.1, 0.15) is 5.82 Å². The van der Waals surface area contributed by atoms with Gasteiger partial charge in [-0.05, 0) is 37.4 Å². The lowest BCUT2D eigenvalue weighted by molar-refractivity contribution is 0.440. The van der Waals surface area contributed by atoms with Gasteiger partial charge in [-0.3, -0.25) is 0 Å². The van der Waals surface area contributed by atoms with E-state index in [1.54, 1.807) is 6.07 Å². The quantitative estimate of drug-likeness (QED) is 0.832. The van der Waals surface area contributed by atoms with Crippen molar-refractivity contribution in [3.63, 3.8) is 0 Å². The number of hydrogen-bond acceptors (Lipinski definition) is 1. The van der Waals surface area contributed by atoms with Crippen molar-refractivity contribution in [1.29, 1.82) is 0 Å². The van der Waals surface area contributed by atoms with Crippen LogP contribution in [0, 0.1) is 11.7 Å². The Morgan fingerprint density at radius 2 is 2.06 bits per heavy atom. The zero-order valence-corrected chi connectivity index (χ0v) is 10.8. The number of rotatable bonds is 5. The molecule has 0 spiro atoms. The normalized spacial score (nSPS) is 13.1. The largest absolute Gasteiger partial charge is 0.317 e.